The highest BCUT2D eigenvalue weighted by atomic mass is 16.7. The molecule has 4 atom stereocenters. The lowest BCUT2D eigenvalue weighted by Gasteiger charge is -2.64. The third kappa shape index (κ3) is 1.21. The quantitative estimate of drug-likeness (QED) is 0.719. The molecule has 2 bridgehead atoms. The zero-order chi connectivity index (χ0) is 11.6. The molecule has 16 heavy (non-hydrogen) atoms. The Morgan fingerprint density at radius 1 is 1.31 bits per heavy atom. The zero-order valence-corrected chi connectivity index (χ0v) is 10.7. The van der Waals surface area contributed by atoms with E-state index in [1.54, 1.807) is 0 Å². The number of hydrogen-bond donors (Lipinski definition) is 1. The predicted molar refractivity (Wildman–Crippen MR) is 64.0 cm³/mol. The molecule has 4 heteroatoms. The van der Waals surface area contributed by atoms with Crippen molar-refractivity contribution in [1.82, 2.24) is 5.32 Å². The van der Waals surface area contributed by atoms with Gasteiger partial charge in [-0.05, 0) is 44.1 Å². The van der Waals surface area contributed by atoms with E-state index in [0.717, 1.165) is 12.4 Å². The molecule has 1 saturated heterocycles. The fraction of sp³-hybridized carbons (Fsp3) is 1.00. The van der Waals surface area contributed by atoms with Crippen molar-refractivity contribution in [3.8, 4) is 0 Å². The molecule has 1 heterocycles. The molecule has 3 nitrogen and oxygen atoms in total. The smallest absolute Gasteiger partial charge is 0.405 e. The van der Waals surface area contributed by atoms with Crippen molar-refractivity contribution in [2.24, 2.45) is 17.3 Å². The highest BCUT2D eigenvalue weighted by Gasteiger charge is 2.67. The summed E-state index contributed by atoms with van der Waals surface area (Å²) in [6.45, 7) is 7.04. The van der Waals surface area contributed by atoms with Crippen LogP contribution in [-0.4, -0.2) is 32.3 Å². The molecule has 4 aliphatic rings. The predicted octanol–water partition coefficient (Wildman–Crippen LogP) is 1.47. The van der Waals surface area contributed by atoms with Crippen molar-refractivity contribution in [2.45, 2.75) is 45.3 Å². The second-order valence-electron chi connectivity index (χ2n) is 6.46. The molecule has 90 valence electrons. The van der Waals surface area contributed by atoms with E-state index >= 15 is 0 Å². The van der Waals surface area contributed by atoms with Gasteiger partial charge in [0.05, 0.1) is 11.7 Å². The maximum Gasteiger partial charge on any atom is 0.472 e. The van der Waals surface area contributed by atoms with E-state index in [-0.39, 0.29) is 12.7 Å². The van der Waals surface area contributed by atoms with Crippen LogP contribution in [0.25, 0.3) is 0 Å². The molecule has 4 fully saturated rings. The highest BCUT2D eigenvalue weighted by Crippen LogP contribution is 2.65. The van der Waals surface area contributed by atoms with Gasteiger partial charge in [0.25, 0.3) is 0 Å². The standard InChI is InChI=1S/C12H22BNO2/c1-11(2)8-5-9(11)12(3)10(6-8)15-13(16-12)7-14-4/h8-10,14H,5-7H2,1-4H3/t8-,9-,10-,12-/m0/s1. The maximum absolute atomic E-state index is 6.19. The fourth-order valence-electron chi connectivity index (χ4n) is 4.20. The summed E-state index contributed by atoms with van der Waals surface area (Å²) in [5, 5.41) is 3.14. The highest BCUT2D eigenvalue weighted by molar-refractivity contribution is 6.45. The van der Waals surface area contributed by atoms with Crippen LogP contribution in [0.4, 0.5) is 0 Å². The van der Waals surface area contributed by atoms with Crippen LogP contribution in [0.5, 0.6) is 0 Å². The topological polar surface area (TPSA) is 30.5 Å². The summed E-state index contributed by atoms with van der Waals surface area (Å²) in [7, 11) is 1.90. The van der Waals surface area contributed by atoms with Gasteiger partial charge in [-0.1, -0.05) is 13.8 Å². The molecule has 3 aliphatic carbocycles. The Morgan fingerprint density at radius 2 is 2.06 bits per heavy atom. The summed E-state index contributed by atoms with van der Waals surface area (Å²) in [6, 6.07) is 0. The van der Waals surface area contributed by atoms with E-state index in [1.165, 1.54) is 12.8 Å². The van der Waals surface area contributed by atoms with Crippen molar-refractivity contribution < 1.29 is 9.31 Å². The first-order valence-corrected chi connectivity index (χ1v) is 6.46. The van der Waals surface area contributed by atoms with Gasteiger partial charge in [0.2, 0.25) is 0 Å². The average molecular weight is 223 g/mol. The lowest BCUT2D eigenvalue weighted by Crippen LogP contribution is -2.65. The molecule has 0 unspecified atom stereocenters. The van der Waals surface area contributed by atoms with Crippen LogP contribution in [0.1, 0.15) is 33.6 Å². The summed E-state index contributed by atoms with van der Waals surface area (Å²) in [5.74, 6) is 1.51. The molecule has 1 N–H and O–H groups in total. The Morgan fingerprint density at radius 3 is 2.69 bits per heavy atom. The first kappa shape index (κ1) is 11.1. The molecule has 0 radical (unpaired) electrons. The van der Waals surface area contributed by atoms with Crippen molar-refractivity contribution in [3.63, 3.8) is 0 Å². The van der Waals surface area contributed by atoms with Gasteiger partial charge in [0.15, 0.2) is 0 Å². The van der Waals surface area contributed by atoms with Crippen molar-refractivity contribution in [2.75, 3.05) is 13.5 Å². The van der Waals surface area contributed by atoms with Crippen molar-refractivity contribution >= 4 is 7.12 Å². The summed E-state index contributed by atoms with van der Waals surface area (Å²) in [5.41, 5.74) is 0.406. The molecule has 0 aromatic rings. The van der Waals surface area contributed by atoms with E-state index in [9.17, 15) is 0 Å². The van der Waals surface area contributed by atoms with E-state index in [4.69, 9.17) is 9.31 Å². The first-order valence-electron chi connectivity index (χ1n) is 6.46. The molecule has 3 saturated carbocycles. The Balaban J connectivity index is 1.81. The second-order valence-corrected chi connectivity index (χ2v) is 6.46. The molecule has 4 rings (SSSR count). The van der Waals surface area contributed by atoms with Gasteiger partial charge < -0.3 is 14.6 Å². The lowest BCUT2D eigenvalue weighted by molar-refractivity contribution is -0.199. The van der Waals surface area contributed by atoms with E-state index in [0.29, 0.717) is 17.4 Å². The van der Waals surface area contributed by atoms with Gasteiger partial charge in [0.1, 0.15) is 0 Å². The first-order chi connectivity index (χ1) is 7.48. The van der Waals surface area contributed by atoms with Crippen molar-refractivity contribution in [3.05, 3.63) is 0 Å². The number of rotatable bonds is 2. The monoisotopic (exact) mass is 223 g/mol. The minimum Gasteiger partial charge on any atom is -0.405 e. The maximum atomic E-state index is 6.19. The average Bonchev–Trinajstić information content (AvgIpc) is 2.53. The van der Waals surface area contributed by atoms with Crippen LogP contribution < -0.4 is 5.32 Å². The molecular formula is C12H22BNO2. The van der Waals surface area contributed by atoms with Crippen LogP contribution in [0.3, 0.4) is 0 Å². The largest absolute Gasteiger partial charge is 0.472 e. The van der Waals surface area contributed by atoms with Gasteiger partial charge in [-0.2, -0.15) is 0 Å². The second kappa shape index (κ2) is 3.24. The van der Waals surface area contributed by atoms with Gasteiger partial charge in [-0.15, -0.1) is 0 Å². The lowest BCUT2D eigenvalue weighted by atomic mass is 9.43. The molecule has 0 spiro atoms. The normalized spacial score (nSPS) is 48.8. The summed E-state index contributed by atoms with van der Waals surface area (Å²) < 4.78 is 12.2. The van der Waals surface area contributed by atoms with Gasteiger partial charge in [0, 0.05) is 6.44 Å². The number of hydrogen-bond acceptors (Lipinski definition) is 3. The third-order valence-corrected chi connectivity index (χ3v) is 5.37. The van der Waals surface area contributed by atoms with Crippen LogP contribution in [0.2, 0.25) is 0 Å². The minimum absolute atomic E-state index is 0.0419. The Bertz CT molecular complexity index is 309. The minimum atomic E-state index is -0.0462. The van der Waals surface area contributed by atoms with Crippen LogP contribution in [0.15, 0.2) is 0 Å². The number of nitrogens with one attached hydrogen (secondary N) is 1. The SMILES string of the molecule is CNCB1O[C@H]2C[C@@H]3C[C@@H](C3(C)C)[C@]2(C)O1. The summed E-state index contributed by atoms with van der Waals surface area (Å²) in [6.07, 6.45) is 3.63. The van der Waals surface area contributed by atoms with E-state index in [2.05, 4.69) is 26.1 Å². The van der Waals surface area contributed by atoms with Crippen LogP contribution in [-0.2, 0) is 9.31 Å². The van der Waals surface area contributed by atoms with Crippen molar-refractivity contribution in [1.29, 1.82) is 0 Å². The third-order valence-electron chi connectivity index (χ3n) is 5.37. The Labute approximate surface area is 98.4 Å². The summed E-state index contributed by atoms with van der Waals surface area (Å²) >= 11 is 0. The van der Waals surface area contributed by atoms with Crippen LogP contribution >= 0.6 is 0 Å². The molecule has 0 amide bonds. The molecule has 0 aromatic carbocycles. The Hall–Kier alpha value is -0.0551. The molecular weight excluding hydrogens is 201 g/mol. The van der Waals surface area contributed by atoms with Gasteiger partial charge >= 0.3 is 7.12 Å². The molecule has 0 aromatic heterocycles. The zero-order valence-electron chi connectivity index (χ0n) is 10.7. The van der Waals surface area contributed by atoms with Gasteiger partial charge in [-0.3, -0.25) is 0 Å². The van der Waals surface area contributed by atoms with E-state index < -0.39 is 0 Å². The molecule has 1 aliphatic heterocycles. The fourth-order valence-corrected chi connectivity index (χ4v) is 4.20. The van der Waals surface area contributed by atoms with Crippen LogP contribution in [0, 0.1) is 17.3 Å². The van der Waals surface area contributed by atoms with E-state index in [1.807, 2.05) is 7.05 Å². The van der Waals surface area contributed by atoms with Gasteiger partial charge in [-0.25, -0.2) is 0 Å². The Kier molecular flexibility index (Phi) is 2.24. The summed E-state index contributed by atoms with van der Waals surface area (Å²) in [4.78, 5) is 0.